The molecule has 1 aromatic carbocycles. The number of rotatable bonds is 2. The molecule has 1 saturated carbocycles. The van der Waals surface area contributed by atoms with Gasteiger partial charge in [0.05, 0.1) is 6.07 Å². The summed E-state index contributed by atoms with van der Waals surface area (Å²) in [4.78, 5) is 0.851. The molecule has 2 rings (SSSR count). The molecule has 0 heterocycles. The molecule has 0 unspecified atom stereocenters. The van der Waals surface area contributed by atoms with Gasteiger partial charge < -0.3 is 0 Å². The second kappa shape index (κ2) is 4.59. The highest BCUT2D eigenvalue weighted by molar-refractivity contribution is 8.01. The van der Waals surface area contributed by atoms with Crippen LogP contribution in [0.1, 0.15) is 33.6 Å². The molecule has 1 aromatic rings. The van der Waals surface area contributed by atoms with Gasteiger partial charge >= 0.3 is 0 Å². The fourth-order valence-electron chi connectivity index (χ4n) is 2.30. The van der Waals surface area contributed by atoms with Crippen molar-refractivity contribution in [3.63, 3.8) is 0 Å². The van der Waals surface area contributed by atoms with Gasteiger partial charge in [-0.3, -0.25) is 0 Å². The molecule has 0 spiro atoms. The number of nitrogens with zero attached hydrogens (tertiary/aromatic N) is 1. The van der Waals surface area contributed by atoms with Crippen LogP contribution >= 0.6 is 11.8 Å². The SMILES string of the molecule is CC(C)(C)C1CC(C#N)(Sc2cccc(F)c2)C1. The molecule has 0 saturated heterocycles. The van der Waals surface area contributed by atoms with Crippen molar-refractivity contribution >= 4 is 11.8 Å². The molecule has 0 aliphatic heterocycles. The number of halogens is 1. The van der Waals surface area contributed by atoms with Crippen LogP contribution in [-0.4, -0.2) is 4.75 Å². The van der Waals surface area contributed by atoms with E-state index in [2.05, 4.69) is 26.8 Å². The Hall–Kier alpha value is -1.01. The summed E-state index contributed by atoms with van der Waals surface area (Å²) < 4.78 is 12.8. The van der Waals surface area contributed by atoms with Gasteiger partial charge in [-0.1, -0.05) is 26.8 Å². The van der Waals surface area contributed by atoms with E-state index in [4.69, 9.17) is 0 Å². The molecule has 0 bridgehead atoms. The first-order valence-corrected chi connectivity index (χ1v) is 7.02. The fourth-order valence-corrected chi connectivity index (χ4v) is 3.69. The van der Waals surface area contributed by atoms with Gasteiger partial charge in [-0.05, 0) is 42.4 Å². The summed E-state index contributed by atoms with van der Waals surface area (Å²) in [5.41, 5.74) is 0.253. The zero-order chi connectivity index (χ0) is 13.4. The number of thioether (sulfide) groups is 1. The van der Waals surface area contributed by atoms with Crippen LogP contribution in [0, 0.1) is 28.5 Å². The minimum Gasteiger partial charge on any atom is -0.207 e. The van der Waals surface area contributed by atoms with E-state index in [0.29, 0.717) is 5.92 Å². The smallest absolute Gasteiger partial charge is 0.124 e. The molecule has 96 valence electrons. The Balaban J connectivity index is 2.07. The molecule has 0 aromatic heterocycles. The van der Waals surface area contributed by atoms with Crippen LogP contribution in [0.5, 0.6) is 0 Å². The van der Waals surface area contributed by atoms with Crippen molar-refractivity contribution in [2.75, 3.05) is 0 Å². The molecule has 1 aliphatic carbocycles. The summed E-state index contributed by atoms with van der Waals surface area (Å²) in [6.07, 6.45) is 1.79. The largest absolute Gasteiger partial charge is 0.207 e. The average Bonchev–Trinajstić information content (AvgIpc) is 2.21. The zero-order valence-corrected chi connectivity index (χ0v) is 11.9. The van der Waals surface area contributed by atoms with Crippen molar-refractivity contribution in [3.05, 3.63) is 30.1 Å². The normalized spacial score (nSPS) is 27.4. The Morgan fingerprint density at radius 1 is 1.39 bits per heavy atom. The highest BCUT2D eigenvalue weighted by atomic mass is 32.2. The quantitative estimate of drug-likeness (QED) is 0.776. The van der Waals surface area contributed by atoms with Crippen molar-refractivity contribution in [1.29, 1.82) is 5.26 Å². The van der Waals surface area contributed by atoms with Crippen LogP contribution < -0.4 is 0 Å². The fraction of sp³-hybridized carbons (Fsp3) is 0.533. The first-order chi connectivity index (χ1) is 8.35. The molecule has 18 heavy (non-hydrogen) atoms. The van der Waals surface area contributed by atoms with Gasteiger partial charge in [0.15, 0.2) is 0 Å². The van der Waals surface area contributed by atoms with Gasteiger partial charge in [0, 0.05) is 4.90 Å². The lowest BCUT2D eigenvalue weighted by Gasteiger charge is -2.48. The van der Waals surface area contributed by atoms with E-state index in [1.807, 2.05) is 6.07 Å². The van der Waals surface area contributed by atoms with E-state index in [0.717, 1.165) is 17.7 Å². The van der Waals surface area contributed by atoms with Gasteiger partial charge in [-0.25, -0.2) is 4.39 Å². The van der Waals surface area contributed by atoms with Gasteiger partial charge in [-0.2, -0.15) is 5.26 Å². The number of hydrogen-bond acceptors (Lipinski definition) is 2. The molecule has 3 heteroatoms. The predicted molar refractivity (Wildman–Crippen MR) is 72.8 cm³/mol. The van der Waals surface area contributed by atoms with Crippen LogP contribution in [0.2, 0.25) is 0 Å². The van der Waals surface area contributed by atoms with E-state index in [-0.39, 0.29) is 16.0 Å². The second-order valence-corrected chi connectivity index (χ2v) is 7.59. The molecular formula is C15H18FNS. The van der Waals surface area contributed by atoms with E-state index in [9.17, 15) is 9.65 Å². The first-order valence-electron chi connectivity index (χ1n) is 6.20. The molecule has 1 fully saturated rings. The highest BCUT2D eigenvalue weighted by Crippen LogP contribution is 2.55. The Morgan fingerprint density at radius 2 is 2.06 bits per heavy atom. The Kier molecular flexibility index (Phi) is 3.42. The Bertz CT molecular complexity index is 478. The van der Waals surface area contributed by atoms with Crippen LogP contribution in [-0.2, 0) is 0 Å². The monoisotopic (exact) mass is 263 g/mol. The summed E-state index contributed by atoms with van der Waals surface area (Å²) in [5.74, 6) is 0.345. The average molecular weight is 263 g/mol. The molecule has 0 N–H and O–H groups in total. The van der Waals surface area contributed by atoms with Gasteiger partial charge in [0.1, 0.15) is 10.6 Å². The summed E-state index contributed by atoms with van der Waals surface area (Å²) in [5, 5.41) is 9.39. The van der Waals surface area contributed by atoms with E-state index < -0.39 is 0 Å². The van der Waals surface area contributed by atoms with Crippen LogP contribution in [0.25, 0.3) is 0 Å². The third-order valence-corrected chi connectivity index (χ3v) is 5.00. The zero-order valence-electron chi connectivity index (χ0n) is 11.0. The van der Waals surface area contributed by atoms with Crippen molar-refractivity contribution in [2.45, 2.75) is 43.3 Å². The first kappa shape index (κ1) is 13.4. The lowest BCUT2D eigenvalue weighted by Crippen LogP contribution is -2.45. The Labute approximate surface area is 112 Å². The summed E-state index contributed by atoms with van der Waals surface area (Å²) in [7, 11) is 0. The van der Waals surface area contributed by atoms with Crippen LogP contribution in [0.4, 0.5) is 4.39 Å². The summed E-state index contributed by atoms with van der Waals surface area (Å²) in [6.45, 7) is 6.64. The maximum absolute atomic E-state index is 13.1. The molecule has 0 radical (unpaired) electrons. The third-order valence-electron chi connectivity index (χ3n) is 3.69. The lowest BCUT2D eigenvalue weighted by atomic mass is 9.63. The highest BCUT2D eigenvalue weighted by Gasteiger charge is 2.49. The summed E-state index contributed by atoms with van der Waals surface area (Å²) in [6, 6.07) is 8.94. The second-order valence-electron chi connectivity index (χ2n) is 6.14. The predicted octanol–water partition coefficient (Wildman–Crippen LogP) is 4.64. The molecular weight excluding hydrogens is 245 g/mol. The minimum absolute atomic E-state index is 0.236. The van der Waals surface area contributed by atoms with Gasteiger partial charge in [0.2, 0.25) is 0 Å². The van der Waals surface area contributed by atoms with Gasteiger partial charge in [-0.15, -0.1) is 11.8 Å². The number of hydrogen-bond donors (Lipinski definition) is 0. The summed E-state index contributed by atoms with van der Waals surface area (Å²) >= 11 is 1.51. The van der Waals surface area contributed by atoms with Gasteiger partial charge in [0.25, 0.3) is 0 Å². The van der Waals surface area contributed by atoms with Crippen molar-refractivity contribution in [1.82, 2.24) is 0 Å². The van der Waals surface area contributed by atoms with E-state index in [1.54, 1.807) is 6.07 Å². The lowest BCUT2D eigenvalue weighted by molar-refractivity contribution is 0.122. The molecule has 1 aliphatic rings. The Morgan fingerprint density at radius 3 is 2.56 bits per heavy atom. The minimum atomic E-state index is -0.355. The number of nitriles is 1. The topological polar surface area (TPSA) is 23.8 Å². The molecule has 1 nitrogen and oxygen atoms in total. The van der Waals surface area contributed by atoms with Crippen molar-refractivity contribution in [2.24, 2.45) is 11.3 Å². The van der Waals surface area contributed by atoms with Crippen molar-refractivity contribution in [3.8, 4) is 6.07 Å². The third kappa shape index (κ3) is 2.70. The van der Waals surface area contributed by atoms with Crippen molar-refractivity contribution < 1.29 is 4.39 Å². The van der Waals surface area contributed by atoms with E-state index in [1.165, 1.54) is 23.9 Å². The van der Waals surface area contributed by atoms with Crippen LogP contribution in [0.3, 0.4) is 0 Å². The molecule has 0 atom stereocenters. The maximum atomic E-state index is 13.1. The number of benzene rings is 1. The standard InChI is InChI=1S/C15H18FNS/c1-14(2,3)11-8-15(9-11,10-17)18-13-6-4-5-12(16)7-13/h4-7,11H,8-9H2,1-3H3. The van der Waals surface area contributed by atoms with Crippen LogP contribution in [0.15, 0.2) is 29.2 Å². The molecule has 0 amide bonds. The van der Waals surface area contributed by atoms with E-state index >= 15 is 0 Å². The maximum Gasteiger partial charge on any atom is 0.124 e.